The minimum atomic E-state index is -0.224. The highest BCUT2D eigenvalue weighted by Gasteiger charge is 2.23. The van der Waals surface area contributed by atoms with Gasteiger partial charge in [0.05, 0.1) is 6.10 Å². The average molecular weight is 285 g/mol. The van der Waals surface area contributed by atoms with E-state index >= 15 is 0 Å². The summed E-state index contributed by atoms with van der Waals surface area (Å²) in [4.78, 5) is 6.65. The average Bonchev–Trinajstić information content (AvgIpc) is 2.30. The Bertz CT molecular complexity index is 339. The van der Waals surface area contributed by atoms with Crippen molar-refractivity contribution in [2.24, 2.45) is 5.92 Å². The van der Waals surface area contributed by atoms with Gasteiger partial charge in [-0.15, -0.1) is 0 Å². The molecule has 0 saturated carbocycles. The Hall–Kier alpha value is -0.610. The molecule has 0 bridgehead atoms. The van der Waals surface area contributed by atoms with E-state index in [0.29, 0.717) is 5.92 Å². The predicted octanol–water partition coefficient (Wildman–Crippen LogP) is 2.44. The highest BCUT2D eigenvalue weighted by atomic mass is 79.9. The van der Waals surface area contributed by atoms with E-state index in [-0.39, 0.29) is 6.10 Å². The second-order valence-corrected chi connectivity index (χ2v) is 5.34. The summed E-state index contributed by atoms with van der Waals surface area (Å²) in [6, 6.07) is 4.03. The molecule has 1 aromatic heterocycles. The lowest BCUT2D eigenvalue weighted by atomic mass is 9.93. The van der Waals surface area contributed by atoms with Gasteiger partial charge in [0.25, 0.3) is 0 Å². The van der Waals surface area contributed by atoms with E-state index in [1.807, 2.05) is 25.3 Å². The van der Waals surface area contributed by atoms with Gasteiger partial charge in [-0.05, 0) is 47.8 Å². The Morgan fingerprint density at radius 1 is 1.56 bits per heavy atom. The van der Waals surface area contributed by atoms with Crippen molar-refractivity contribution in [3.8, 4) is 0 Å². The fraction of sp³-hybridized carbons (Fsp3) is 0.583. The van der Waals surface area contributed by atoms with Crippen LogP contribution in [0.25, 0.3) is 0 Å². The fourth-order valence-corrected chi connectivity index (χ4v) is 2.40. The number of anilines is 1. The first kappa shape index (κ1) is 11.9. The van der Waals surface area contributed by atoms with Gasteiger partial charge in [-0.1, -0.05) is 0 Å². The lowest BCUT2D eigenvalue weighted by Crippen LogP contribution is -2.39. The Labute approximate surface area is 105 Å². The van der Waals surface area contributed by atoms with Crippen molar-refractivity contribution in [2.75, 3.05) is 18.0 Å². The molecule has 4 heteroatoms. The third-order valence-corrected chi connectivity index (χ3v) is 3.64. The van der Waals surface area contributed by atoms with E-state index in [4.69, 9.17) is 0 Å². The van der Waals surface area contributed by atoms with Crippen LogP contribution in [0.3, 0.4) is 0 Å². The van der Waals surface area contributed by atoms with Crippen molar-refractivity contribution in [3.05, 3.63) is 22.8 Å². The van der Waals surface area contributed by atoms with Gasteiger partial charge in [-0.2, -0.15) is 0 Å². The van der Waals surface area contributed by atoms with Crippen molar-refractivity contribution in [1.29, 1.82) is 0 Å². The minimum Gasteiger partial charge on any atom is -0.393 e. The third kappa shape index (κ3) is 2.74. The van der Waals surface area contributed by atoms with Gasteiger partial charge < -0.3 is 10.0 Å². The summed E-state index contributed by atoms with van der Waals surface area (Å²) >= 11 is 3.38. The van der Waals surface area contributed by atoms with E-state index < -0.39 is 0 Å². The van der Waals surface area contributed by atoms with Crippen molar-refractivity contribution in [1.82, 2.24) is 4.98 Å². The Morgan fingerprint density at radius 2 is 2.38 bits per heavy atom. The first-order valence-electron chi connectivity index (χ1n) is 5.71. The van der Waals surface area contributed by atoms with Crippen molar-refractivity contribution in [2.45, 2.75) is 25.9 Å². The molecule has 3 nitrogen and oxygen atoms in total. The molecule has 88 valence electrons. The number of aliphatic hydroxyl groups is 1. The van der Waals surface area contributed by atoms with Crippen LogP contribution >= 0.6 is 15.9 Å². The molecular formula is C12H17BrN2O. The molecule has 0 spiro atoms. The molecule has 1 aliphatic rings. The molecule has 0 radical (unpaired) electrons. The van der Waals surface area contributed by atoms with Crippen molar-refractivity contribution < 1.29 is 5.11 Å². The number of hydrogen-bond donors (Lipinski definition) is 1. The van der Waals surface area contributed by atoms with Gasteiger partial charge in [0, 0.05) is 29.7 Å². The van der Waals surface area contributed by atoms with Crippen molar-refractivity contribution >= 4 is 21.7 Å². The summed E-state index contributed by atoms with van der Waals surface area (Å²) < 4.78 is 1.00. The number of piperidine rings is 1. The second-order valence-electron chi connectivity index (χ2n) is 4.42. The maximum atomic E-state index is 9.63. The maximum absolute atomic E-state index is 9.63. The first-order valence-corrected chi connectivity index (χ1v) is 6.50. The molecule has 1 N–H and O–H groups in total. The molecule has 2 atom stereocenters. The molecule has 1 saturated heterocycles. The minimum absolute atomic E-state index is 0.224. The number of pyridine rings is 1. The molecule has 0 amide bonds. The van der Waals surface area contributed by atoms with Crippen LogP contribution in [0.15, 0.2) is 22.8 Å². The molecule has 0 aliphatic carbocycles. The topological polar surface area (TPSA) is 36.4 Å². The summed E-state index contributed by atoms with van der Waals surface area (Å²) in [6.07, 6.45) is 3.84. The van der Waals surface area contributed by atoms with Gasteiger partial charge in [-0.3, -0.25) is 0 Å². The molecule has 0 aromatic carbocycles. The number of halogens is 1. The standard InChI is InChI=1S/C12H17BrN2O/c1-9(16)10-3-2-6-15(8-10)12-5-4-11(13)7-14-12/h4-5,7,9-10,16H,2-3,6,8H2,1H3. The molecule has 1 fully saturated rings. The zero-order chi connectivity index (χ0) is 11.5. The monoisotopic (exact) mass is 284 g/mol. The van der Waals surface area contributed by atoms with Crippen LogP contribution in [0.5, 0.6) is 0 Å². The number of aliphatic hydroxyl groups excluding tert-OH is 1. The lowest BCUT2D eigenvalue weighted by molar-refractivity contribution is 0.115. The van der Waals surface area contributed by atoms with Crippen LogP contribution < -0.4 is 4.90 Å². The van der Waals surface area contributed by atoms with Crippen LogP contribution in [0, 0.1) is 5.92 Å². The van der Waals surface area contributed by atoms with E-state index in [2.05, 4.69) is 25.8 Å². The Morgan fingerprint density at radius 3 is 3.00 bits per heavy atom. The Kier molecular flexibility index (Phi) is 3.82. The van der Waals surface area contributed by atoms with Gasteiger partial charge in [0.2, 0.25) is 0 Å². The van der Waals surface area contributed by atoms with Gasteiger partial charge in [-0.25, -0.2) is 4.98 Å². The largest absolute Gasteiger partial charge is 0.393 e. The quantitative estimate of drug-likeness (QED) is 0.906. The van der Waals surface area contributed by atoms with Crippen LogP contribution in [-0.2, 0) is 0 Å². The van der Waals surface area contributed by atoms with Crippen molar-refractivity contribution in [3.63, 3.8) is 0 Å². The summed E-state index contributed by atoms with van der Waals surface area (Å²) in [5, 5.41) is 9.63. The second kappa shape index (κ2) is 5.15. The number of aromatic nitrogens is 1. The molecule has 16 heavy (non-hydrogen) atoms. The third-order valence-electron chi connectivity index (χ3n) is 3.18. The molecule has 1 aromatic rings. The summed E-state index contributed by atoms with van der Waals surface area (Å²) in [5.74, 6) is 1.38. The highest BCUT2D eigenvalue weighted by molar-refractivity contribution is 9.10. The lowest BCUT2D eigenvalue weighted by Gasteiger charge is -2.34. The zero-order valence-corrected chi connectivity index (χ0v) is 11.0. The summed E-state index contributed by atoms with van der Waals surface area (Å²) in [5.41, 5.74) is 0. The van der Waals surface area contributed by atoms with E-state index in [9.17, 15) is 5.11 Å². The SMILES string of the molecule is CC(O)C1CCCN(c2ccc(Br)cn2)C1. The molecule has 1 aliphatic heterocycles. The summed E-state index contributed by atoms with van der Waals surface area (Å²) in [6.45, 7) is 3.83. The molecular weight excluding hydrogens is 268 g/mol. The molecule has 2 unspecified atom stereocenters. The summed E-state index contributed by atoms with van der Waals surface area (Å²) in [7, 11) is 0. The Balaban J connectivity index is 2.06. The smallest absolute Gasteiger partial charge is 0.128 e. The van der Waals surface area contributed by atoms with E-state index in [1.165, 1.54) is 0 Å². The fourth-order valence-electron chi connectivity index (χ4n) is 2.17. The normalized spacial score (nSPS) is 23.2. The van der Waals surface area contributed by atoms with Crippen LogP contribution in [0.4, 0.5) is 5.82 Å². The molecule has 2 rings (SSSR count). The number of hydrogen-bond acceptors (Lipinski definition) is 3. The zero-order valence-electron chi connectivity index (χ0n) is 9.43. The molecule has 2 heterocycles. The van der Waals surface area contributed by atoms with Gasteiger partial charge in [0.1, 0.15) is 5.82 Å². The van der Waals surface area contributed by atoms with Gasteiger partial charge >= 0.3 is 0 Å². The highest BCUT2D eigenvalue weighted by Crippen LogP contribution is 2.24. The van der Waals surface area contributed by atoms with Gasteiger partial charge in [0.15, 0.2) is 0 Å². The van der Waals surface area contributed by atoms with E-state index in [0.717, 1.165) is 36.2 Å². The number of nitrogens with zero attached hydrogens (tertiary/aromatic N) is 2. The first-order chi connectivity index (χ1) is 7.66. The van der Waals surface area contributed by atoms with E-state index in [1.54, 1.807) is 0 Å². The predicted molar refractivity (Wildman–Crippen MR) is 68.6 cm³/mol. The maximum Gasteiger partial charge on any atom is 0.128 e. The van der Waals surface area contributed by atoms with Crippen LogP contribution in [0.2, 0.25) is 0 Å². The van der Waals surface area contributed by atoms with Crippen LogP contribution in [-0.4, -0.2) is 29.3 Å². The van der Waals surface area contributed by atoms with Crippen LogP contribution in [0.1, 0.15) is 19.8 Å². The number of rotatable bonds is 2.